The highest BCUT2D eigenvalue weighted by Crippen LogP contribution is 2.10. The van der Waals surface area contributed by atoms with Gasteiger partial charge in [-0.3, -0.25) is 4.90 Å². The summed E-state index contributed by atoms with van der Waals surface area (Å²) in [5, 5.41) is 8.77. The van der Waals surface area contributed by atoms with Gasteiger partial charge < -0.3 is 15.6 Å². The quantitative estimate of drug-likeness (QED) is 0.648. The molecule has 0 aliphatic carbocycles. The molecule has 1 heterocycles. The predicted molar refractivity (Wildman–Crippen MR) is 56.1 cm³/mol. The van der Waals surface area contributed by atoms with Gasteiger partial charge in [0, 0.05) is 31.8 Å². The maximum absolute atomic E-state index is 8.77. The monoisotopic (exact) mass is 202 g/mol. The number of nitrogens with zero attached hydrogens (tertiary/aromatic N) is 1. The minimum Gasteiger partial charge on any atom is -0.396 e. The highest BCUT2D eigenvalue weighted by Gasteiger charge is 2.22. The van der Waals surface area contributed by atoms with Crippen molar-refractivity contribution in [1.29, 1.82) is 0 Å². The summed E-state index contributed by atoms with van der Waals surface area (Å²) in [5.74, 6) is 0. The van der Waals surface area contributed by atoms with E-state index >= 15 is 0 Å². The topological polar surface area (TPSA) is 58.7 Å². The Morgan fingerprint density at radius 2 is 2.43 bits per heavy atom. The Labute approximate surface area is 86.0 Å². The summed E-state index contributed by atoms with van der Waals surface area (Å²) in [6.45, 7) is 5.83. The molecule has 0 spiro atoms. The second-order valence-electron chi connectivity index (χ2n) is 3.90. The molecule has 0 amide bonds. The van der Waals surface area contributed by atoms with Crippen molar-refractivity contribution in [2.24, 2.45) is 5.73 Å². The minimum absolute atomic E-state index is 0.0900. The maximum Gasteiger partial charge on any atom is 0.0622 e. The molecule has 0 radical (unpaired) electrons. The van der Waals surface area contributed by atoms with Gasteiger partial charge in [0.25, 0.3) is 0 Å². The molecule has 0 aromatic rings. The molecule has 14 heavy (non-hydrogen) atoms. The molecule has 1 aliphatic heterocycles. The van der Waals surface area contributed by atoms with Crippen LogP contribution in [0.3, 0.4) is 0 Å². The molecule has 4 heteroatoms. The van der Waals surface area contributed by atoms with Crippen molar-refractivity contribution >= 4 is 0 Å². The number of hydrogen-bond donors (Lipinski definition) is 2. The molecule has 2 unspecified atom stereocenters. The molecular formula is C10H22N2O2. The fourth-order valence-corrected chi connectivity index (χ4v) is 1.86. The SMILES string of the molecule is CCC1COCCN1CC(N)CCO. The second kappa shape index (κ2) is 6.35. The Morgan fingerprint density at radius 1 is 1.64 bits per heavy atom. The normalized spacial score (nSPS) is 26.4. The van der Waals surface area contributed by atoms with Crippen LogP contribution in [0.15, 0.2) is 0 Å². The summed E-state index contributed by atoms with van der Waals surface area (Å²) < 4.78 is 5.41. The van der Waals surface area contributed by atoms with E-state index in [2.05, 4.69) is 11.8 Å². The van der Waals surface area contributed by atoms with Crippen molar-refractivity contribution in [1.82, 2.24) is 4.90 Å². The van der Waals surface area contributed by atoms with E-state index in [-0.39, 0.29) is 12.6 Å². The first kappa shape index (κ1) is 11.9. The Bertz CT molecular complexity index is 155. The van der Waals surface area contributed by atoms with Gasteiger partial charge in [0.15, 0.2) is 0 Å². The van der Waals surface area contributed by atoms with Crippen molar-refractivity contribution < 1.29 is 9.84 Å². The third-order valence-corrected chi connectivity index (χ3v) is 2.79. The smallest absolute Gasteiger partial charge is 0.0622 e. The Kier molecular flexibility index (Phi) is 5.40. The molecule has 1 fully saturated rings. The zero-order valence-electron chi connectivity index (χ0n) is 8.98. The molecule has 0 aromatic heterocycles. The maximum atomic E-state index is 8.77. The van der Waals surface area contributed by atoms with Crippen LogP contribution in [0.2, 0.25) is 0 Å². The number of nitrogens with two attached hydrogens (primary N) is 1. The largest absolute Gasteiger partial charge is 0.396 e. The van der Waals surface area contributed by atoms with Crippen molar-refractivity contribution in [3.8, 4) is 0 Å². The fourth-order valence-electron chi connectivity index (χ4n) is 1.86. The fraction of sp³-hybridized carbons (Fsp3) is 1.00. The van der Waals surface area contributed by atoms with Gasteiger partial charge in [0.2, 0.25) is 0 Å². The highest BCUT2D eigenvalue weighted by atomic mass is 16.5. The Hall–Kier alpha value is -0.160. The summed E-state index contributed by atoms with van der Waals surface area (Å²) in [5.41, 5.74) is 5.89. The third-order valence-electron chi connectivity index (χ3n) is 2.79. The first-order chi connectivity index (χ1) is 6.77. The van der Waals surface area contributed by atoms with E-state index in [4.69, 9.17) is 15.6 Å². The van der Waals surface area contributed by atoms with Gasteiger partial charge >= 0.3 is 0 Å². The predicted octanol–water partition coefficient (Wildman–Crippen LogP) is -0.193. The van der Waals surface area contributed by atoms with E-state index in [0.29, 0.717) is 12.5 Å². The van der Waals surface area contributed by atoms with Gasteiger partial charge in [0.05, 0.1) is 13.2 Å². The van der Waals surface area contributed by atoms with Crippen LogP contribution in [-0.2, 0) is 4.74 Å². The van der Waals surface area contributed by atoms with Gasteiger partial charge in [-0.1, -0.05) is 6.92 Å². The molecule has 1 saturated heterocycles. The van der Waals surface area contributed by atoms with Crippen molar-refractivity contribution in [2.75, 3.05) is 32.9 Å². The van der Waals surface area contributed by atoms with Crippen LogP contribution in [0, 0.1) is 0 Å². The average molecular weight is 202 g/mol. The lowest BCUT2D eigenvalue weighted by Gasteiger charge is -2.36. The zero-order chi connectivity index (χ0) is 10.4. The Morgan fingerprint density at radius 3 is 3.07 bits per heavy atom. The molecule has 2 atom stereocenters. The van der Waals surface area contributed by atoms with Crippen LogP contribution in [0.1, 0.15) is 19.8 Å². The van der Waals surface area contributed by atoms with Crippen molar-refractivity contribution in [2.45, 2.75) is 31.8 Å². The first-order valence-corrected chi connectivity index (χ1v) is 5.46. The van der Waals surface area contributed by atoms with Crippen LogP contribution in [0.4, 0.5) is 0 Å². The lowest BCUT2D eigenvalue weighted by Crippen LogP contribution is -2.50. The summed E-state index contributed by atoms with van der Waals surface area (Å²) in [7, 11) is 0. The standard InChI is InChI=1S/C10H22N2O2/c1-2-10-8-14-6-4-12(10)7-9(11)3-5-13/h9-10,13H,2-8,11H2,1H3. The van der Waals surface area contributed by atoms with Gasteiger partial charge in [-0.05, 0) is 12.8 Å². The number of ether oxygens (including phenoxy) is 1. The molecule has 1 aliphatic rings. The number of aliphatic hydroxyl groups is 1. The zero-order valence-corrected chi connectivity index (χ0v) is 8.98. The molecule has 3 N–H and O–H groups in total. The van der Waals surface area contributed by atoms with Crippen LogP contribution in [0.5, 0.6) is 0 Å². The summed E-state index contributed by atoms with van der Waals surface area (Å²) in [6, 6.07) is 0.598. The molecule has 0 saturated carbocycles. The van der Waals surface area contributed by atoms with E-state index in [0.717, 1.165) is 32.7 Å². The minimum atomic E-state index is 0.0900. The lowest BCUT2D eigenvalue weighted by atomic mass is 10.1. The molecule has 84 valence electrons. The molecular weight excluding hydrogens is 180 g/mol. The highest BCUT2D eigenvalue weighted by molar-refractivity contribution is 4.77. The summed E-state index contributed by atoms with van der Waals surface area (Å²) in [6.07, 6.45) is 1.79. The van der Waals surface area contributed by atoms with Gasteiger partial charge in [0.1, 0.15) is 0 Å². The van der Waals surface area contributed by atoms with Gasteiger partial charge in [-0.25, -0.2) is 0 Å². The van der Waals surface area contributed by atoms with Crippen molar-refractivity contribution in [3.63, 3.8) is 0 Å². The molecule has 0 aromatic carbocycles. The van der Waals surface area contributed by atoms with E-state index in [1.54, 1.807) is 0 Å². The molecule has 4 nitrogen and oxygen atoms in total. The second-order valence-corrected chi connectivity index (χ2v) is 3.90. The summed E-state index contributed by atoms with van der Waals surface area (Å²) in [4.78, 5) is 2.38. The third kappa shape index (κ3) is 3.53. The van der Waals surface area contributed by atoms with E-state index < -0.39 is 0 Å². The van der Waals surface area contributed by atoms with Crippen LogP contribution >= 0.6 is 0 Å². The van der Waals surface area contributed by atoms with Crippen LogP contribution in [-0.4, -0.2) is 55.0 Å². The van der Waals surface area contributed by atoms with Gasteiger partial charge in [-0.2, -0.15) is 0 Å². The first-order valence-electron chi connectivity index (χ1n) is 5.46. The number of aliphatic hydroxyl groups excluding tert-OH is 1. The number of morpholine rings is 1. The molecule has 0 bridgehead atoms. The Balaban J connectivity index is 2.32. The van der Waals surface area contributed by atoms with Gasteiger partial charge in [-0.15, -0.1) is 0 Å². The summed E-state index contributed by atoms with van der Waals surface area (Å²) >= 11 is 0. The van der Waals surface area contributed by atoms with E-state index in [1.165, 1.54) is 0 Å². The van der Waals surface area contributed by atoms with Crippen molar-refractivity contribution in [3.05, 3.63) is 0 Å². The molecule has 1 rings (SSSR count). The number of hydrogen-bond acceptors (Lipinski definition) is 4. The van der Waals surface area contributed by atoms with E-state index in [9.17, 15) is 0 Å². The van der Waals surface area contributed by atoms with Crippen LogP contribution in [0.25, 0.3) is 0 Å². The van der Waals surface area contributed by atoms with E-state index in [1.807, 2.05) is 0 Å². The average Bonchev–Trinajstić information content (AvgIpc) is 2.19. The number of rotatable bonds is 5. The van der Waals surface area contributed by atoms with Crippen LogP contribution < -0.4 is 5.73 Å². The lowest BCUT2D eigenvalue weighted by molar-refractivity contribution is -0.0117.